The highest BCUT2D eigenvalue weighted by Gasteiger charge is 2.58. The molecule has 2 nitrogen and oxygen atoms in total. The smallest absolute Gasteiger partial charge is 0.404 e. The van der Waals surface area contributed by atoms with Crippen LogP contribution in [0.2, 0.25) is 0 Å². The van der Waals surface area contributed by atoms with Crippen LogP contribution >= 0.6 is 0 Å². The molecule has 0 fully saturated rings. The summed E-state index contributed by atoms with van der Waals surface area (Å²) < 4.78 is 38.0. The van der Waals surface area contributed by atoms with E-state index in [-0.39, 0.29) is 6.42 Å². The summed E-state index contributed by atoms with van der Waals surface area (Å²) in [5.41, 5.74) is -2.55. The van der Waals surface area contributed by atoms with Gasteiger partial charge in [0, 0.05) is 0 Å². The number of alkyl halides is 3. The van der Waals surface area contributed by atoms with E-state index in [0.717, 1.165) is 6.42 Å². The van der Waals surface area contributed by atoms with E-state index in [1.807, 2.05) is 6.92 Å². The number of rotatable bonds is 6. The first-order valence-electron chi connectivity index (χ1n) is 5.12. The number of hydrogen-bond acceptors (Lipinski definition) is 1. The van der Waals surface area contributed by atoms with Crippen molar-refractivity contribution in [2.45, 2.75) is 52.1 Å². The lowest BCUT2D eigenvalue weighted by molar-refractivity contribution is -0.234. The van der Waals surface area contributed by atoms with Gasteiger partial charge < -0.3 is 5.11 Å². The molecule has 15 heavy (non-hydrogen) atoms. The van der Waals surface area contributed by atoms with Crippen molar-refractivity contribution in [2.24, 2.45) is 5.41 Å². The van der Waals surface area contributed by atoms with Crippen LogP contribution in [0.5, 0.6) is 0 Å². The molecule has 0 aromatic rings. The minimum atomic E-state index is -4.67. The lowest BCUT2D eigenvalue weighted by Crippen LogP contribution is -2.44. The third-order valence-electron chi connectivity index (χ3n) is 2.76. The van der Waals surface area contributed by atoms with E-state index in [1.165, 1.54) is 6.92 Å². The Hall–Kier alpha value is -0.740. The number of aliphatic carboxylic acids is 1. The van der Waals surface area contributed by atoms with Gasteiger partial charge in [-0.25, -0.2) is 0 Å². The Labute approximate surface area is 87.5 Å². The molecule has 0 amide bonds. The maximum absolute atomic E-state index is 12.7. The molecule has 0 aliphatic rings. The molecule has 0 saturated carbocycles. The maximum atomic E-state index is 12.7. The Morgan fingerprint density at radius 1 is 1.20 bits per heavy atom. The molecule has 90 valence electrons. The molecule has 1 atom stereocenters. The summed E-state index contributed by atoms with van der Waals surface area (Å²) in [5, 5.41) is 8.74. The van der Waals surface area contributed by atoms with Gasteiger partial charge in [-0.3, -0.25) is 4.79 Å². The molecule has 0 radical (unpaired) electrons. The van der Waals surface area contributed by atoms with Crippen molar-refractivity contribution >= 4 is 5.97 Å². The van der Waals surface area contributed by atoms with Crippen LogP contribution in [0.25, 0.3) is 0 Å². The number of carbonyl (C=O) groups is 1. The molecule has 0 aromatic carbocycles. The van der Waals surface area contributed by atoms with E-state index >= 15 is 0 Å². The number of carboxylic acid groups (broad SMARTS) is 1. The zero-order valence-corrected chi connectivity index (χ0v) is 9.02. The van der Waals surface area contributed by atoms with Crippen molar-refractivity contribution in [3.63, 3.8) is 0 Å². The van der Waals surface area contributed by atoms with E-state index in [4.69, 9.17) is 5.11 Å². The Kier molecular flexibility index (Phi) is 5.11. The monoisotopic (exact) mass is 226 g/mol. The molecular formula is C10H17F3O2. The molecular weight excluding hydrogens is 209 g/mol. The first-order chi connectivity index (χ1) is 6.81. The van der Waals surface area contributed by atoms with Crippen LogP contribution in [-0.4, -0.2) is 17.3 Å². The van der Waals surface area contributed by atoms with Gasteiger partial charge >= 0.3 is 12.1 Å². The number of unbranched alkanes of at least 4 members (excludes halogenated alkanes) is 2. The van der Waals surface area contributed by atoms with Gasteiger partial charge in [-0.15, -0.1) is 0 Å². The van der Waals surface area contributed by atoms with Gasteiger partial charge in [-0.05, 0) is 12.8 Å². The fourth-order valence-electron chi connectivity index (χ4n) is 1.58. The number of carboxylic acids is 1. The topological polar surface area (TPSA) is 37.3 Å². The summed E-state index contributed by atoms with van der Waals surface area (Å²) in [7, 11) is 0. The van der Waals surface area contributed by atoms with Crippen molar-refractivity contribution in [1.82, 2.24) is 0 Å². The normalized spacial score (nSPS) is 16.1. The zero-order chi connectivity index (χ0) is 12.1. The lowest BCUT2D eigenvalue weighted by atomic mass is 9.79. The predicted molar refractivity (Wildman–Crippen MR) is 50.6 cm³/mol. The van der Waals surface area contributed by atoms with Crippen molar-refractivity contribution in [2.75, 3.05) is 0 Å². The van der Waals surface area contributed by atoms with Crippen molar-refractivity contribution in [3.8, 4) is 0 Å². The Bertz CT molecular complexity index is 213. The standard InChI is InChI=1S/C10H17F3O2/c1-3-5-6-7-9(4-2,8(14)15)10(11,12)13/h3-7H2,1-2H3,(H,14,15). The maximum Gasteiger partial charge on any atom is 0.404 e. The summed E-state index contributed by atoms with van der Waals surface area (Å²) in [5.74, 6) is -1.76. The second-order valence-corrected chi connectivity index (χ2v) is 3.70. The van der Waals surface area contributed by atoms with Crippen LogP contribution in [0.1, 0.15) is 46.0 Å². The second kappa shape index (κ2) is 5.37. The Morgan fingerprint density at radius 3 is 2.00 bits per heavy atom. The first kappa shape index (κ1) is 14.3. The third-order valence-corrected chi connectivity index (χ3v) is 2.76. The number of hydrogen-bond donors (Lipinski definition) is 1. The molecule has 0 bridgehead atoms. The molecule has 0 rings (SSSR count). The molecule has 0 aliphatic carbocycles. The van der Waals surface area contributed by atoms with Crippen LogP contribution in [0, 0.1) is 5.41 Å². The van der Waals surface area contributed by atoms with E-state index in [2.05, 4.69) is 0 Å². The lowest BCUT2D eigenvalue weighted by Gasteiger charge is -2.30. The van der Waals surface area contributed by atoms with Gasteiger partial charge in [0.2, 0.25) is 0 Å². The average Bonchev–Trinajstić information content (AvgIpc) is 2.10. The fraction of sp³-hybridized carbons (Fsp3) is 0.900. The zero-order valence-electron chi connectivity index (χ0n) is 9.02. The Morgan fingerprint density at radius 2 is 1.73 bits per heavy atom. The minimum Gasteiger partial charge on any atom is -0.481 e. The SMILES string of the molecule is CCCCCC(CC)(C(=O)O)C(F)(F)F. The average molecular weight is 226 g/mol. The Balaban J connectivity index is 4.76. The molecule has 0 aliphatic heterocycles. The van der Waals surface area contributed by atoms with Crippen LogP contribution in [0.4, 0.5) is 13.2 Å². The predicted octanol–water partition coefficient (Wildman–Crippen LogP) is 3.61. The molecule has 1 N–H and O–H groups in total. The largest absolute Gasteiger partial charge is 0.481 e. The summed E-state index contributed by atoms with van der Waals surface area (Å²) in [6, 6.07) is 0. The second-order valence-electron chi connectivity index (χ2n) is 3.70. The van der Waals surface area contributed by atoms with Crippen LogP contribution in [0.3, 0.4) is 0 Å². The van der Waals surface area contributed by atoms with E-state index < -0.39 is 24.0 Å². The van der Waals surface area contributed by atoms with Gasteiger partial charge in [0.05, 0.1) is 0 Å². The van der Waals surface area contributed by atoms with Gasteiger partial charge in [0.15, 0.2) is 5.41 Å². The van der Waals surface area contributed by atoms with Crippen LogP contribution in [0.15, 0.2) is 0 Å². The fourth-order valence-corrected chi connectivity index (χ4v) is 1.58. The highest BCUT2D eigenvalue weighted by atomic mass is 19.4. The van der Waals surface area contributed by atoms with Gasteiger partial charge in [-0.2, -0.15) is 13.2 Å². The summed E-state index contributed by atoms with van der Waals surface area (Å²) in [4.78, 5) is 10.8. The van der Waals surface area contributed by atoms with Crippen molar-refractivity contribution in [1.29, 1.82) is 0 Å². The molecule has 0 spiro atoms. The first-order valence-corrected chi connectivity index (χ1v) is 5.12. The van der Waals surface area contributed by atoms with Crippen LogP contribution in [-0.2, 0) is 4.79 Å². The van der Waals surface area contributed by atoms with Gasteiger partial charge in [-0.1, -0.05) is 33.1 Å². The summed E-state index contributed by atoms with van der Waals surface area (Å²) in [6.07, 6.45) is -3.69. The summed E-state index contributed by atoms with van der Waals surface area (Å²) >= 11 is 0. The number of halogens is 3. The van der Waals surface area contributed by atoms with E-state index in [1.54, 1.807) is 0 Å². The molecule has 0 saturated heterocycles. The van der Waals surface area contributed by atoms with E-state index in [9.17, 15) is 18.0 Å². The van der Waals surface area contributed by atoms with Gasteiger partial charge in [0.25, 0.3) is 0 Å². The minimum absolute atomic E-state index is 0.302. The molecule has 0 aromatic heterocycles. The molecule has 0 heterocycles. The molecule has 1 unspecified atom stereocenters. The third kappa shape index (κ3) is 3.11. The van der Waals surface area contributed by atoms with E-state index in [0.29, 0.717) is 12.8 Å². The van der Waals surface area contributed by atoms with Gasteiger partial charge in [0.1, 0.15) is 0 Å². The molecule has 5 heteroatoms. The van der Waals surface area contributed by atoms with Crippen molar-refractivity contribution < 1.29 is 23.1 Å². The summed E-state index contributed by atoms with van der Waals surface area (Å²) in [6.45, 7) is 3.13. The van der Waals surface area contributed by atoms with Crippen LogP contribution < -0.4 is 0 Å². The van der Waals surface area contributed by atoms with Crippen molar-refractivity contribution in [3.05, 3.63) is 0 Å². The quantitative estimate of drug-likeness (QED) is 0.702. The highest BCUT2D eigenvalue weighted by molar-refractivity contribution is 5.75. The highest BCUT2D eigenvalue weighted by Crippen LogP contribution is 2.45.